The number of hydrogen-bond donors (Lipinski definition) is 1. The maximum absolute atomic E-state index is 10.6. The third kappa shape index (κ3) is 1.43. The molecule has 1 N–H and O–H groups in total. The van der Waals surface area contributed by atoms with Gasteiger partial charge in [-0.3, -0.25) is 4.79 Å². The van der Waals surface area contributed by atoms with E-state index in [0.717, 1.165) is 0 Å². The average molecular weight is 189 g/mol. The third-order valence-electron chi connectivity index (χ3n) is 1.72. The molecule has 1 rings (SSSR count). The molecule has 0 amide bonds. The van der Waals surface area contributed by atoms with Crippen molar-refractivity contribution in [2.24, 2.45) is 7.05 Å². The Kier molecular flexibility index (Phi) is 2.38. The van der Waals surface area contributed by atoms with Crippen molar-refractivity contribution in [1.29, 1.82) is 0 Å². The number of carbonyl (C=O) groups is 1. The molecule has 0 aliphatic carbocycles. The maximum atomic E-state index is 10.6. The van der Waals surface area contributed by atoms with Crippen molar-refractivity contribution in [3.63, 3.8) is 0 Å². The fourth-order valence-electron chi connectivity index (χ4n) is 1.01. The van der Waals surface area contributed by atoms with Gasteiger partial charge in [0.05, 0.1) is 17.9 Å². The number of aliphatic carboxylic acids is 1. The number of hydrogen-bond acceptors (Lipinski definition) is 2. The summed E-state index contributed by atoms with van der Waals surface area (Å²) in [6, 6.07) is 0. The van der Waals surface area contributed by atoms with Crippen LogP contribution in [-0.4, -0.2) is 20.6 Å². The molecule has 1 aromatic heterocycles. The zero-order valence-corrected chi connectivity index (χ0v) is 7.54. The van der Waals surface area contributed by atoms with Crippen molar-refractivity contribution in [2.75, 3.05) is 0 Å². The van der Waals surface area contributed by atoms with Crippen molar-refractivity contribution >= 4 is 17.6 Å². The summed E-state index contributed by atoms with van der Waals surface area (Å²) >= 11 is 5.69. The highest BCUT2D eigenvalue weighted by molar-refractivity contribution is 6.30. The van der Waals surface area contributed by atoms with Gasteiger partial charge in [0.15, 0.2) is 5.15 Å². The van der Waals surface area contributed by atoms with Crippen LogP contribution in [0.15, 0.2) is 6.33 Å². The van der Waals surface area contributed by atoms with Crippen LogP contribution in [0.1, 0.15) is 18.5 Å². The van der Waals surface area contributed by atoms with E-state index in [4.69, 9.17) is 16.7 Å². The highest BCUT2D eigenvalue weighted by Gasteiger charge is 2.20. The van der Waals surface area contributed by atoms with Gasteiger partial charge >= 0.3 is 5.97 Å². The monoisotopic (exact) mass is 188 g/mol. The summed E-state index contributed by atoms with van der Waals surface area (Å²) in [4.78, 5) is 14.4. The normalized spacial score (nSPS) is 12.9. The number of imidazole rings is 1. The molecule has 1 heterocycles. The lowest BCUT2D eigenvalue weighted by molar-refractivity contribution is -0.138. The predicted octanol–water partition coefficient (Wildman–Crippen LogP) is 1.26. The Morgan fingerprint density at radius 3 is 2.75 bits per heavy atom. The van der Waals surface area contributed by atoms with Gasteiger partial charge in [-0.15, -0.1) is 0 Å². The zero-order valence-electron chi connectivity index (χ0n) is 6.78. The van der Waals surface area contributed by atoms with Gasteiger partial charge in [0.2, 0.25) is 0 Å². The topological polar surface area (TPSA) is 55.1 Å². The number of nitrogens with zero attached hydrogens (tertiary/aromatic N) is 2. The molecule has 1 atom stereocenters. The largest absolute Gasteiger partial charge is 0.481 e. The summed E-state index contributed by atoms with van der Waals surface area (Å²) < 4.78 is 1.61. The van der Waals surface area contributed by atoms with E-state index in [-0.39, 0.29) is 5.15 Å². The van der Waals surface area contributed by atoms with Crippen LogP contribution in [-0.2, 0) is 11.8 Å². The van der Waals surface area contributed by atoms with Gasteiger partial charge in [0.25, 0.3) is 0 Å². The van der Waals surface area contributed by atoms with E-state index >= 15 is 0 Å². The molecule has 0 aliphatic rings. The molecule has 0 aliphatic heterocycles. The average Bonchev–Trinajstić information content (AvgIpc) is 2.30. The molecular formula is C7H9ClN2O2. The van der Waals surface area contributed by atoms with Crippen LogP contribution in [0, 0.1) is 0 Å². The van der Waals surface area contributed by atoms with E-state index in [1.165, 1.54) is 6.33 Å². The first-order valence-corrected chi connectivity index (χ1v) is 3.81. The Balaban J connectivity index is 3.08. The van der Waals surface area contributed by atoms with E-state index in [1.54, 1.807) is 18.5 Å². The van der Waals surface area contributed by atoms with E-state index in [9.17, 15) is 4.79 Å². The Bertz CT molecular complexity index is 289. The van der Waals surface area contributed by atoms with E-state index < -0.39 is 11.9 Å². The molecule has 0 spiro atoms. The van der Waals surface area contributed by atoms with Crippen LogP contribution in [0.4, 0.5) is 0 Å². The molecule has 0 saturated carbocycles. The Morgan fingerprint density at radius 2 is 2.42 bits per heavy atom. The third-order valence-corrected chi connectivity index (χ3v) is 2.01. The number of aromatic nitrogens is 2. The minimum absolute atomic E-state index is 0.257. The van der Waals surface area contributed by atoms with Crippen LogP contribution in [0.2, 0.25) is 5.15 Å². The van der Waals surface area contributed by atoms with Gasteiger partial charge in [-0.1, -0.05) is 11.6 Å². The first-order chi connectivity index (χ1) is 5.54. The number of carboxylic acids is 1. The zero-order chi connectivity index (χ0) is 9.30. The first kappa shape index (κ1) is 9.06. The Hall–Kier alpha value is -1.03. The van der Waals surface area contributed by atoms with Gasteiger partial charge < -0.3 is 9.67 Å². The molecular weight excluding hydrogens is 180 g/mol. The molecule has 4 nitrogen and oxygen atoms in total. The van der Waals surface area contributed by atoms with Gasteiger partial charge in [-0.25, -0.2) is 4.98 Å². The summed E-state index contributed by atoms with van der Waals surface area (Å²) in [6.45, 7) is 1.57. The lowest BCUT2D eigenvalue weighted by Gasteiger charge is -2.06. The quantitative estimate of drug-likeness (QED) is 0.760. The lowest BCUT2D eigenvalue weighted by atomic mass is 10.1. The van der Waals surface area contributed by atoms with Gasteiger partial charge in [0.1, 0.15) is 0 Å². The van der Waals surface area contributed by atoms with E-state index in [0.29, 0.717) is 5.69 Å². The van der Waals surface area contributed by atoms with Crippen molar-refractivity contribution in [1.82, 2.24) is 9.55 Å². The second-order valence-electron chi connectivity index (χ2n) is 2.59. The van der Waals surface area contributed by atoms with Crippen LogP contribution in [0.3, 0.4) is 0 Å². The standard InChI is InChI=1S/C7H9ClN2O2/c1-4(7(11)12)5-6(8)9-3-10(5)2/h3-4H,1-2H3,(H,11,12). The fourth-order valence-corrected chi connectivity index (χ4v) is 1.35. The van der Waals surface area contributed by atoms with Crippen LogP contribution in [0.5, 0.6) is 0 Å². The Labute approximate surface area is 74.8 Å². The molecule has 5 heteroatoms. The summed E-state index contributed by atoms with van der Waals surface area (Å²) in [5.41, 5.74) is 0.532. The number of aryl methyl sites for hydroxylation is 1. The van der Waals surface area contributed by atoms with Crippen molar-refractivity contribution in [3.8, 4) is 0 Å². The number of halogens is 1. The van der Waals surface area contributed by atoms with Crippen molar-refractivity contribution < 1.29 is 9.90 Å². The molecule has 0 saturated heterocycles. The molecule has 0 radical (unpaired) electrons. The summed E-state index contributed by atoms with van der Waals surface area (Å²) in [7, 11) is 1.72. The minimum Gasteiger partial charge on any atom is -0.481 e. The Morgan fingerprint density at radius 1 is 1.83 bits per heavy atom. The van der Waals surface area contributed by atoms with E-state index in [2.05, 4.69) is 4.98 Å². The molecule has 0 fully saturated rings. The van der Waals surface area contributed by atoms with Crippen LogP contribution in [0.25, 0.3) is 0 Å². The highest BCUT2D eigenvalue weighted by Crippen LogP contribution is 2.22. The summed E-state index contributed by atoms with van der Waals surface area (Å²) in [5.74, 6) is -1.52. The second kappa shape index (κ2) is 3.15. The highest BCUT2D eigenvalue weighted by atomic mass is 35.5. The first-order valence-electron chi connectivity index (χ1n) is 3.43. The smallest absolute Gasteiger partial charge is 0.312 e. The predicted molar refractivity (Wildman–Crippen MR) is 44.3 cm³/mol. The summed E-state index contributed by atoms with van der Waals surface area (Å²) in [6.07, 6.45) is 1.50. The molecule has 1 aromatic rings. The van der Waals surface area contributed by atoms with Crippen molar-refractivity contribution in [2.45, 2.75) is 12.8 Å². The molecule has 66 valence electrons. The van der Waals surface area contributed by atoms with Crippen LogP contribution < -0.4 is 0 Å². The number of carboxylic acid groups (broad SMARTS) is 1. The number of rotatable bonds is 2. The van der Waals surface area contributed by atoms with Gasteiger partial charge in [0, 0.05) is 7.05 Å². The van der Waals surface area contributed by atoms with Crippen molar-refractivity contribution in [3.05, 3.63) is 17.2 Å². The molecule has 0 aromatic carbocycles. The van der Waals surface area contributed by atoms with E-state index in [1.807, 2.05) is 0 Å². The fraction of sp³-hybridized carbons (Fsp3) is 0.429. The minimum atomic E-state index is -0.902. The molecule has 12 heavy (non-hydrogen) atoms. The van der Waals surface area contributed by atoms with Crippen LogP contribution >= 0.6 is 11.6 Å². The second-order valence-corrected chi connectivity index (χ2v) is 2.95. The SMILES string of the molecule is CC(C(=O)O)c1c(Cl)ncn1C. The molecule has 0 bridgehead atoms. The maximum Gasteiger partial charge on any atom is 0.312 e. The summed E-state index contributed by atoms with van der Waals surface area (Å²) in [5, 5.41) is 8.96. The lowest BCUT2D eigenvalue weighted by Crippen LogP contribution is -2.11. The van der Waals surface area contributed by atoms with Gasteiger partial charge in [-0.2, -0.15) is 0 Å². The molecule has 1 unspecified atom stereocenters. The van der Waals surface area contributed by atoms with Gasteiger partial charge in [-0.05, 0) is 6.92 Å².